The molecule has 9 heteroatoms. The van der Waals surface area contributed by atoms with Crippen LogP contribution in [0.4, 0.5) is 0 Å². The zero-order valence-corrected chi connectivity index (χ0v) is 19.3. The Kier molecular flexibility index (Phi) is 7.78. The van der Waals surface area contributed by atoms with Gasteiger partial charge < -0.3 is 14.6 Å². The topological polar surface area (TPSA) is 71.4 Å². The van der Waals surface area contributed by atoms with E-state index in [0.717, 1.165) is 12.5 Å². The molecular weight excluding hydrogens is 419 g/mol. The zero-order valence-electron chi connectivity index (χ0n) is 16.8. The van der Waals surface area contributed by atoms with E-state index in [4.69, 9.17) is 32.7 Å². The number of halogens is 2. The van der Waals surface area contributed by atoms with Crippen molar-refractivity contribution in [3.63, 3.8) is 0 Å². The van der Waals surface area contributed by atoms with E-state index < -0.39 is 19.6 Å². The number of hydrazone groups is 1. The molecule has 0 radical (unpaired) electrons. The van der Waals surface area contributed by atoms with Gasteiger partial charge >= 0.3 is 5.97 Å². The Hall–Kier alpha value is -1.28. The Labute approximate surface area is 177 Å². The Morgan fingerprint density at radius 3 is 2.57 bits per heavy atom. The summed E-state index contributed by atoms with van der Waals surface area (Å²) >= 11 is 12.7. The van der Waals surface area contributed by atoms with Crippen molar-refractivity contribution in [3.8, 4) is 5.75 Å². The first-order valence-corrected chi connectivity index (χ1v) is 13.7. The van der Waals surface area contributed by atoms with Gasteiger partial charge in [-0.25, -0.2) is 4.79 Å². The van der Waals surface area contributed by atoms with Crippen LogP contribution in [0.25, 0.3) is 0 Å². The Morgan fingerprint density at radius 1 is 1.36 bits per heavy atom. The molecule has 156 valence electrons. The van der Waals surface area contributed by atoms with E-state index in [9.17, 15) is 9.90 Å². The summed E-state index contributed by atoms with van der Waals surface area (Å²) in [6, 6.07) is 4.37. The Bertz CT molecular complexity index is 716. The normalized spacial score (nSPS) is 20.1. The largest absolute Gasteiger partial charge is 0.479 e. The van der Waals surface area contributed by atoms with Crippen LogP contribution in [0.5, 0.6) is 5.75 Å². The highest BCUT2D eigenvalue weighted by Crippen LogP contribution is 2.32. The fourth-order valence-corrected chi connectivity index (χ4v) is 4.11. The van der Waals surface area contributed by atoms with Gasteiger partial charge in [0.05, 0.1) is 16.3 Å². The molecule has 0 spiro atoms. The molecule has 0 saturated carbocycles. The molecule has 1 saturated heterocycles. The van der Waals surface area contributed by atoms with Crippen molar-refractivity contribution in [3.05, 3.63) is 27.7 Å². The van der Waals surface area contributed by atoms with Gasteiger partial charge in [-0.1, -0.05) is 42.8 Å². The number of ether oxygens (including phenoxy) is 2. The highest BCUT2D eigenvalue weighted by molar-refractivity contribution is 6.76. The fraction of sp³-hybridized carbons (Fsp3) is 0.579. The van der Waals surface area contributed by atoms with Crippen LogP contribution in [0.1, 0.15) is 25.3 Å². The van der Waals surface area contributed by atoms with Crippen molar-refractivity contribution in [2.45, 2.75) is 51.0 Å². The minimum Gasteiger partial charge on any atom is -0.479 e. The molecule has 0 aliphatic carbocycles. The van der Waals surface area contributed by atoms with E-state index in [1.807, 2.05) is 0 Å². The molecule has 1 aliphatic heterocycles. The fourth-order valence-electron chi connectivity index (χ4n) is 2.79. The van der Waals surface area contributed by atoms with Crippen molar-refractivity contribution in [2.24, 2.45) is 5.10 Å². The molecule has 0 amide bonds. The van der Waals surface area contributed by atoms with Gasteiger partial charge in [0, 0.05) is 26.8 Å². The smallest absolute Gasteiger partial charge is 0.330 e. The Balaban J connectivity index is 1.99. The van der Waals surface area contributed by atoms with Crippen LogP contribution in [-0.4, -0.2) is 55.9 Å². The van der Waals surface area contributed by atoms with Crippen LogP contribution in [0.15, 0.2) is 17.2 Å². The lowest BCUT2D eigenvalue weighted by Crippen LogP contribution is -2.45. The summed E-state index contributed by atoms with van der Waals surface area (Å²) in [4.78, 5) is 11.5. The van der Waals surface area contributed by atoms with Gasteiger partial charge in [0.15, 0.2) is 12.3 Å². The molecule has 1 aromatic carbocycles. The molecule has 0 aromatic heterocycles. The molecule has 2 rings (SSSR count). The van der Waals surface area contributed by atoms with E-state index in [-0.39, 0.29) is 6.79 Å². The molecule has 1 fully saturated rings. The molecular formula is C19H28Cl2N2O4Si. The number of aliphatic carboxylic acids is 1. The molecule has 1 N–H and O–H groups in total. The first-order chi connectivity index (χ1) is 13.0. The maximum atomic E-state index is 11.5. The van der Waals surface area contributed by atoms with Crippen LogP contribution in [-0.2, 0) is 9.53 Å². The summed E-state index contributed by atoms with van der Waals surface area (Å²) < 4.78 is 11.1. The Morgan fingerprint density at radius 2 is 2.00 bits per heavy atom. The van der Waals surface area contributed by atoms with E-state index in [2.05, 4.69) is 24.7 Å². The van der Waals surface area contributed by atoms with Crippen LogP contribution in [0.2, 0.25) is 35.7 Å². The summed E-state index contributed by atoms with van der Waals surface area (Å²) in [7, 11) is -1.13. The average Bonchev–Trinajstić information content (AvgIpc) is 2.95. The second-order valence-electron chi connectivity index (χ2n) is 8.33. The van der Waals surface area contributed by atoms with Gasteiger partial charge in [0.2, 0.25) is 0 Å². The van der Waals surface area contributed by atoms with Gasteiger partial charge in [0.1, 0.15) is 5.75 Å². The highest BCUT2D eigenvalue weighted by atomic mass is 35.5. The lowest BCUT2D eigenvalue weighted by Gasteiger charge is -2.28. The number of carboxylic acids is 1. The molecule has 1 heterocycles. The SMILES string of the molecule is C[C@]1(C(=O)O)CCCN1N=Cc1c(Cl)cc(OCOCC[Si](C)(C)C)cc1Cl. The number of nitrogens with zero attached hydrogens (tertiary/aromatic N) is 2. The molecule has 0 bridgehead atoms. The lowest BCUT2D eigenvalue weighted by molar-refractivity contribution is -0.148. The average molecular weight is 447 g/mol. The summed E-state index contributed by atoms with van der Waals surface area (Å²) in [5.74, 6) is -0.381. The third-order valence-electron chi connectivity index (χ3n) is 4.75. The van der Waals surface area contributed by atoms with Gasteiger partial charge in [-0.3, -0.25) is 5.01 Å². The van der Waals surface area contributed by atoms with Crippen molar-refractivity contribution in [2.75, 3.05) is 19.9 Å². The third-order valence-corrected chi connectivity index (χ3v) is 7.08. The number of hydrogen-bond acceptors (Lipinski definition) is 5. The van der Waals surface area contributed by atoms with E-state index >= 15 is 0 Å². The van der Waals surface area contributed by atoms with Crippen LogP contribution >= 0.6 is 23.2 Å². The maximum absolute atomic E-state index is 11.5. The van der Waals surface area contributed by atoms with Gasteiger partial charge in [0.25, 0.3) is 0 Å². The molecule has 28 heavy (non-hydrogen) atoms. The van der Waals surface area contributed by atoms with E-state index in [1.165, 1.54) is 6.21 Å². The summed E-state index contributed by atoms with van der Waals surface area (Å²) in [5, 5.41) is 16.1. The number of benzene rings is 1. The van der Waals surface area contributed by atoms with Gasteiger partial charge in [-0.2, -0.15) is 5.10 Å². The predicted molar refractivity (Wildman–Crippen MR) is 116 cm³/mol. The number of carboxylic acid groups (broad SMARTS) is 1. The minimum absolute atomic E-state index is 0.134. The van der Waals surface area contributed by atoms with Crippen LogP contribution in [0, 0.1) is 0 Å². The monoisotopic (exact) mass is 446 g/mol. The third kappa shape index (κ3) is 6.11. The van der Waals surface area contributed by atoms with Crippen molar-refractivity contribution >= 4 is 43.5 Å². The number of hydrogen-bond donors (Lipinski definition) is 1. The van der Waals surface area contributed by atoms with Crippen molar-refractivity contribution in [1.82, 2.24) is 5.01 Å². The summed E-state index contributed by atoms with van der Waals surface area (Å²) in [6.45, 7) is 9.91. The molecule has 1 aliphatic rings. The van der Waals surface area contributed by atoms with Crippen LogP contribution < -0.4 is 4.74 Å². The molecule has 1 aromatic rings. The second kappa shape index (κ2) is 9.48. The van der Waals surface area contributed by atoms with E-state index in [0.29, 0.717) is 40.9 Å². The first-order valence-electron chi connectivity index (χ1n) is 9.27. The maximum Gasteiger partial charge on any atom is 0.330 e. The standard InChI is InChI=1S/C19H28Cl2N2O4Si/c1-19(18(24)25)6-5-7-23(19)22-12-15-16(20)10-14(11-17(15)21)27-13-26-8-9-28(2,3)4/h10-12H,5-9,13H2,1-4H3,(H,24,25)/t19-/m1/s1. The van der Waals surface area contributed by atoms with Crippen molar-refractivity contribution in [1.29, 1.82) is 0 Å². The van der Waals surface area contributed by atoms with Crippen LogP contribution in [0.3, 0.4) is 0 Å². The molecule has 6 nitrogen and oxygen atoms in total. The first kappa shape index (κ1) is 23.0. The summed E-state index contributed by atoms with van der Waals surface area (Å²) in [5.41, 5.74) is -0.485. The van der Waals surface area contributed by atoms with Gasteiger partial charge in [-0.05, 0) is 37.9 Å². The second-order valence-corrected chi connectivity index (χ2v) is 14.8. The summed E-state index contributed by atoms with van der Waals surface area (Å²) in [6.07, 6.45) is 2.82. The number of rotatable bonds is 9. The predicted octanol–water partition coefficient (Wildman–Crippen LogP) is 4.96. The quantitative estimate of drug-likeness (QED) is 0.251. The zero-order chi connectivity index (χ0) is 20.9. The lowest BCUT2D eigenvalue weighted by atomic mass is 10.0. The minimum atomic E-state index is -1.13. The van der Waals surface area contributed by atoms with Crippen molar-refractivity contribution < 1.29 is 19.4 Å². The number of carbonyl (C=O) groups is 1. The molecule has 0 unspecified atom stereocenters. The van der Waals surface area contributed by atoms with E-state index in [1.54, 1.807) is 24.1 Å². The highest BCUT2D eigenvalue weighted by Gasteiger charge is 2.43. The van der Waals surface area contributed by atoms with Gasteiger partial charge in [-0.15, -0.1) is 0 Å². The molecule has 1 atom stereocenters.